The third-order valence-electron chi connectivity index (χ3n) is 5.97. The normalized spacial score (nSPS) is 30.7. The van der Waals surface area contributed by atoms with Gasteiger partial charge in [0.1, 0.15) is 17.7 Å². The molecule has 5 nitrogen and oxygen atoms in total. The van der Waals surface area contributed by atoms with Gasteiger partial charge in [0.25, 0.3) is 0 Å². The lowest BCUT2D eigenvalue weighted by molar-refractivity contribution is -0.157. The van der Waals surface area contributed by atoms with E-state index < -0.39 is 17.7 Å². The summed E-state index contributed by atoms with van der Waals surface area (Å²) in [5, 5.41) is 6.11. The number of carbonyl (C=O) groups excluding carboxylic acids is 2. The largest absolute Gasteiger partial charge is 0.350 e. The Hall–Kier alpha value is -2.02. The van der Waals surface area contributed by atoms with Crippen LogP contribution in [0.4, 0.5) is 8.78 Å². The van der Waals surface area contributed by atoms with Crippen molar-refractivity contribution in [2.45, 2.75) is 44.3 Å². The number of hydrogen-bond acceptors (Lipinski definition) is 3. The molecular formula is C19H23F2N3O2. The van der Waals surface area contributed by atoms with Crippen LogP contribution in [0.15, 0.2) is 18.2 Å². The standard InChI is InChI=1S/C19H23F2N3O2/c20-14-4-5-15(21)11(7-14)10-23-19(26)18-13-6-12(8-22-9-13)16-2-1-3-17(25)24(16)18/h4-5,7,12-13,16,18,22H,1-3,6,8-10H2,(H,23,26)/t12-,13+,16+,18-/m1/s1. The molecule has 3 aliphatic rings. The summed E-state index contributed by atoms with van der Waals surface area (Å²) in [5.74, 6) is -0.885. The van der Waals surface area contributed by atoms with E-state index in [9.17, 15) is 18.4 Å². The highest BCUT2D eigenvalue weighted by atomic mass is 19.1. The van der Waals surface area contributed by atoms with Gasteiger partial charge in [-0.25, -0.2) is 8.78 Å². The first kappa shape index (κ1) is 17.4. The monoisotopic (exact) mass is 363 g/mol. The molecule has 3 fully saturated rings. The summed E-state index contributed by atoms with van der Waals surface area (Å²) in [5.41, 5.74) is 0.107. The summed E-state index contributed by atoms with van der Waals surface area (Å²) < 4.78 is 27.1. The van der Waals surface area contributed by atoms with Gasteiger partial charge in [0.2, 0.25) is 11.8 Å². The lowest BCUT2D eigenvalue weighted by Gasteiger charge is -2.53. The zero-order valence-corrected chi connectivity index (χ0v) is 14.5. The van der Waals surface area contributed by atoms with Crippen molar-refractivity contribution in [3.63, 3.8) is 0 Å². The summed E-state index contributed by atoms with van der Waals surface area (Å²) in [6.07, 6.45) is 3.19. The van der Waals surface area contributed by atoms with E-state index in [0.29, 0.717) is 18.9 Å². The Morgan fingerprint density at radius 1 is 1.27 bits per heavy atom. The van der Waals surface area contributed by atoms with Gasteiger partial charge in [0.15, 0.2) is 0 Å². The molecule has 1 aromatic carbocycles. The number of nitrogens with one attached hydrogen (secondary N) is 2. The first-order chi connectivity index (χ1) is 12.5. The highest BCUT2D eigenvalue weighted by molar-refractivity contribution is 5.89. The molecule has 3 saturated heterocycles. The fourth-order valence-corrected chi connectivity index (χ4v) is 4.82. The highest BCUT2D eigenvalue weighted by Gasteiger charge is 2.50. The van der Waals surface area contributed by atoms with Crippen LogP contribution in [-0.4, -0.2) is 41.9 Å². The SMILES string of the molecule is O=C(NCc1cc(F)ccc1F)[C@H]1[C@@H]2CNC[C@@H](C2)[C@@H]2CCCC(=O)N21. The number of piperidine rings is 3. The van der Waals surface area contributed by atoms with Gasteiger partial charge in [0.05, 0.1) is 0 Å². The van der Waals surface area contributed by atoms with Crippen molar-refractivity contribution in [3.05, 3.63) is 35.4 Å². The molecule has 2 N–H and O–H groups in total. The quantitative estimate of drug-likeness (QED) is 0.857. The zero-order chi connectivity index (χ0) is 18.3. The molecule has 2 amide bonds. The molecule has 7 heteroatoms. The van der Waals surface area contributed by atoms with Gasteiger partial charge in [-0.3, -0.25) is 9.59 Å². The maximum Gasteiger partial charge on any atom is 0.243 e. The van der Waals surface area contributed by atoms with Crippen LogP contribution in [0.5, 0.6) is 0 Å². The van der Waals surface area contributed by atoms with Crippen LogP contribution in [0.25, 0.3) is 0 Å². The molecule has 0 spiro atoms. The molecule has 0 aromatic heterocycles. The van der Waals surface area contributed by atoms with E-state index in [-0.39, 0.29) is 35.9 Å². The van der Waals surface area contributed by atoms with E-state index in [2.05, 4.69) is 10.6 Å². The zero-order valence-electron chi connectivity index (χ0n) is 14.5. The molecule has 0 unspecified atom stereocenters. The minimum Gasteiger partial charge on any atom is -0.350 e. The van der Waals surface area contributed by atoms with Gasteiger partial charge in [-0.15, -0.1) is 0 Å². The van der Waals surface area contributed by atoms with E-state index >= 15 is 0 Å². The summed E-state index contributed by atoms with van der Waals surface area (Å²) in [6.45, 7) is 1.49. The molecule has 3 aliphatic heterocycles. The van der Waals surface area contributed by atoms with Crippen LogP contribution < -0.4 is 10.6 Å². The number of carbonyl (C=O) groups is 2. The first-order valence-corrected chi connectivity index (χ1v) is 9.28. The topological polar surface area (TPSA) is 61.4 Å². The van der Waals surface area contributed by atoms with Crippen molar-refractivity contribution in [3.8, 4) is 0 Å². The van der Waals surface area contributed by atoms with Crippen molar-refractivity contribution < 1.29 is 18.4 Å². The Labute approximate surface area is 151 Å². The molecule has 1 aromatic rings. The number of hydrogen-bond donors (Lipinski definition) is 2. The van der Waals surface area contributed by atoms with Crippen molar-refractivity contribution >= 4 is 11.8 Å². The Morgan fingerprint density at radius 2 is 2.08 bits per heavy atom. The van der Waals surface area contributed by atoms with Gasteiger partial charge in [0, 0.05) is 37.0 Å². The fourth-order valence-electron chi connectivity index (χ4n) is 4.82. The summed E-state index contributed by atoms with van der Waals surface area (Å²) in [4.78, 5) is 27.3. The van der Waals surface area contributed by atoms with E-state index in [1.54, 1.807) is 4.90 Å². The number of rotatable bonds is 3. The first-order valence-electron chi connectivity index (χ1n) is 9.28. The fraction of sp³-hybridized carbons (Fsp3) is 0.579. The molecule has 0 aliphatic carbocycles. The lowest BCUT2D eigenvalue weighted by atomic mass is 9.72. The third-order valence-corrected chi connectivity index (χ3v) is 5.97. The van der Waals surface area contributed by atoms with E-state index in [4.69, 9.17) is 0 Å². The van der Waals surface area contributed by atoms with Crippen LogP contribution in [-0.2, 0) is 16.1 Å². The van der Waals surface area contributed by atoms with Crippen LogP contribution in [0.1, 0.15) is 31.2 Å². The molecule has 4 atom stereocenters. The van der Waals surface area contributed by atoms with Crippen molar-refractivity contribution in [1.82, 2.24) is 15.5 Å². The van der Waals surface area contributed by atoms with Crippen molar-refractivity contribution in [2.24, 2.45) is 11.8 Å². The second kappa shape index (κ2) is 6.95. The summed E-state index contributed by atoms with van der Waals surface area (Å²) >= 11 is 0. The Morgan fingerprint density at radius 3 is 2.92 bits per heavy atom. The Bertz CT molecular complexity index is 727. The highest BCUT2D eigenvalue weighted by Crippen LogP contribution is 2.39. The van der Waals surface area contributed by atoms with E-state index in [1.807, 2.05) is 0 Å². The maximum absolute atomic E-state index is 13.8. The van der Waals surface area contributed by atoms with Crippen LogP contribution in [0, 0.1) is 23.5 Å². The second-order valence-corrected chi connectivity index (χ2v) is 7.57. The van der Waals surface area contributed by atoms with Crippen LogP contribution >= 0.6 is 0 Å². The van der Waals surface area contributed by atoms with Gasteiger partial charge < -0.3 is 15.5 Å². The number of fused-ring (bicyclic) bond motifs is 4. The van der Waals surface area contributed by atoms with E-state index in [1.165, 1.54) is 0 Å². The molecule has 0 saturated carbocycles. The second-order valence-electron chi connectivity index (χ2n) is 7.57. The van der Waals surface area contributed by atoms with Gasteiger partial charge in [-0.2, -0.15) is 0 Å². The Kier molecular flexibility index (Phi) is 4.65. The number of nitrogens with zero attached hydrogens (tertiary/aromatic N) is 1. The Balaban J connectivity index is 1.53. The van der Waals surface area contributed by atoms with Crippen molar-refractivity contribution in [1.29, 1.82) is 0 Å². The molecule has 0 radical (unpaired) electrons. The molecule has 4 rings (SSSR count). The van der Waals surface area contributed by atoms with Crippen LogP contribution in [0.2, 0.25) is 0 Å². The number of benzene rings is 1. The third kappa shape index (κ3) is 3.09. The molecule has 3 heterocycles. The average molecular weight is 363 g/mol. The smallest absolute Gasteiger partial charge is 0.243 e. The van der Waals surface area contributed by atoms with Gasteiger partial charge >= 0.3 is 0 Å². The predicted octanol–water partition coefficient (Wildman–Crippen LogP) is 1.57. The lowest BCUT2D eigenvalue weighted by Crippen LogP contribution is -2.67. The van der Waals surface area contributed by atoms with Crippen molar-refractivity contribution in [2.75, 3.05) is 13.1 Å². The minimum atomic E-state index is -0.554. The van der Waals surface area contributed by atoms with E-state index in [0.717, 1.165) is 44.0 Å². The predicted molar refractivity (Wildman–Crippen MR) is 90.9 cm³/mol. The molecule has 140 valence electrons. The van der Waals surface area contributed by atoms with Gasteiger partial charge in [-0.1, -0.05) is 0 Å². The minimum absolute atomic E-state index is 0.0370. The molecule has 2 bridgehead atoms. The molecule has 26 heavy (non-hydrogen) atoms. The maximum atomic E-state index is 13.8. The summed E-state index contributed by atoms with van der Waals surface area (Å²) in [6, 6.07) is 2.75. The number of halogens is 2. The number of amides is 2. The van der Waals surface area contributed by atoms with Crippen LogP contribution in [0.3, 0.4) is 0 Å². The van der Waals surface area contributed by atoms with Gasteiger partial charge in [-0.05, 0) is 49.9 Å². The average Bonchev–Trinajstić information content (AvgIpc) is 2.63. The summed E-state index contributed by atoms with van der Waals surface area (Å²) in [7, 11) is 0. The molecular weight excluding hydrogens is 340 g/mol.